The lowest BCUT2D eigenvalue weighted by atomic mass is 10.1. The highest BCUT2D eigenvalue weighted by atomic mass is 32.2. The van der Waals surface area contributed by atoms with Gasteiger partial charge < -0.3 is 15.0 Å². The van der Waals surface area contributed by atoms with Gasteiger partial charge in [-0.3, -0.25) is 9.35 Å². The van der Waals surface area contributed by atoms with Crippen molar-refractivity contribution in [3.63, 3.8) is 0 Å². The van der Waals surface area contributed by atoms with Crippen molar-refractivity contribution in [1.82, 2.24) is 0 Å². The molecule has 0 aliphatic rings. The first kappa shape index (κ1) is 49.4. The lowest BCUT2D eigenvalue weighted by Crippen LogP contribution is -2.36. The number of phenolic OH excluding ortho intramolecular Hbond substituents is 1. The van der Waals surface area contributed by atoms with Crippen LogP contribution in [-0.4, -0.2) is 59.7 Å². The second-order valence-corrected chi connectivity index (χ2v) is 19.2. The molecule has 1 aromatic heterocycles. The van der Waals surface area contributed by atoms with Crippen LogP contribution in [-0.2, 0) is 63.6 Å². The fraction of sp³-hybridized carbons (Fsp3) is 0.111. The summed E-state index contributed by atoms with van der Waals surface area (Å²) in [4.78, 5) is 11.4. The molecule has 65 heavy (non-hydrogen) atoms. The van der Waals surface area contributed by atoms with E-state index >= 15 is 0 Å². The number of benzene rings is 5. The number of carbonyl (C=O) groups is 1. The Kier molecular flexibility index (Phi) is 17.0. The number of rotatable bonds is 21. The van der Waals surface area contributed by atoms with Crippen LogP contribution < -0.4 is 10.3 Å². The SMILES string of the molecule is Cc1ccc[n+](CCS(=O)(=O)c2ccc(N=Nc3c(N)ccc4c(O)c(N=Nc5ccc6cc(SOC(=O)CSOOO)ccc6c5S(=O)(=O)O)c(SOOO)cc34)c(SOOO)c2)c1. The van der Waals surface area contributed by atoms with Crippen molar-refractivity contribution in [3.8, 4) is 5.75 Å². The average Bonchev–Trinajstić information content (AvgIpc) is 3.27. The Morgan fingerprint density at radius 1 is 0.754 bits per heavy atom. The monoisotopic (exact) mass is 1010 g/mol. The Balaban J connectivity index is 1.34. The van der Waals surface area contributed by atoms with E-state index in [0.717, 1.165) is 5.56 Å². The van der Waals surface area contributed by atoms with E-state index < -0.39 is 36.6 Å². The highest BCUT2D eigenvalue weighted by molar-refractivity contribution is 7.96. The van der Waals surface area contributed by atoms with E-state index in [1.54, 1.807) is 23.0 Å². The fourth-order valence-corrected chi connectivity index (χ4v) is 9.86. The predicted octanol–water partition coefficient (Wildman–Crippen LogP) is 8.90. The molecule has 0 aliphatic heterocycles. The van der Waals surface area contributed by atoms with Crippen LogP contribution in [0.5, 0.6) is 5.75 Å². The zero-order valence-electron chi connectivity index (χ0n) is 32.7. The smallest absolute Gasteiger partial charge is 0.330 e. The number of azo groups is 2. The molecule has 7 N–H and O–H groups in total. The number of hydrogen-bond donors (Lipinski definition) is 6. The fourth-order valence-electron chi connectivity index (χ4n) is 5.86. The molecule has 0 atom stereocenters. The molecule has 0 aliphatic carbocycles. The van der Waals surface area contributed by atoms with E-state index in [1.165, 1.54) is 66.7 Å². The van der Waals surface area contributed by atoms with Crippen LogP contribution in [0, 0.1) is 6.92 Å². The van der Waals surface area contributed by atoms with E-state index in [-0.39, 0.29) is 82.7 Å². The van der Waals surface area contributed by atoms with E-state index in [9.17, 15) is 31.3 Å². The maximum atomic E-state index is 13.3. The van der Waals surface area contributed by atoms with Crippen LogP contribution in [0.25, 0.3) is 21.5 Å². The molecule has 5 aromatic carbocycles. The highest BCUT2D eigenvalue weighted by Crippen LogP contribution is 2.48. The van der Waals surface area contributed by atoms with Gasteiger partial charge in [0.2, 0.25) is 0 Å². The third-order valence-corrected chi connectivity index (χ3v) is 13.8. The van der Waals surface area contributed by atoms with Crippen molar-refractivity contribution in [2.24, 2.45) is 20.5 Å². The minimum Gasteiger partial charge on any atom is -0.505 e. The van der Waals surface area contributed by atoms with Crippen molar-refractivity contribution in [3.05, 3.63) is 96.8 Å². The quantitative estimate of drug-likeness (QED) is 0.00572. The molecule has 0 saturated heterocycles. The van der Waals surface area contributed by atoms with Crippen LogP contribution >= 0.6 is 48.2 Å². The second-order valence-electron chi connectivity index (χ2n) is 12.8. The Morgan fingerprint density at radius 3 is 2.17 bits per heavy atom. The molecule has 6 rings (SSSR count). The van der Waals surface area contributed by atoms with Crippen molar-refractivity contribution < 1.29 is 83.9 Å². The third-order valence-electron chi connectivity index (χ3n) is 8.64. The molecule has 6 aromatic rings. The predicted molar refractivity (Wildman–Crippen MR) is 233 cm³/mol. The lowest BCUT2D eigenvalue weighted by Gasteiger charge is -2.12. The number of aryl methyl sites for hydroxylation is 2. The van der Waals surface area contributed by atoms with Gasteiger partial charge in [0, 0.05) is 44.7 Å². The summed E-state index contributed by atoms with van der Waals surface area (Å²) in [6.07, 6.45) is 3.55. The Labute approximate surface area is 384 Å². The van der Waals surface area contributed by atoms with E-state index in [4.69, 9.17) is 25.7 Å². The number of nitrogens with two attached hydrogens (primary N) is 1. The van der Waals surface area contributed by atoms with Crippen LogP contribution in [0.2, 0.25) is 0 Å². The first-order valence-electron chi connectivity index (χ1n) is 17.7. The number of fused-ring (bicyclic) bond motifs is 2. The Bertz CT molecular complexity index is 3020. The summed E-state index contributed by atoms with van der Waals surface area (Å²) in [5, 5.41) is 65.6. The van der Waals surface area contributed by atoms with Crippen LogP contribution in [0.15, 0.2) is 136 Å². The van der Waals surface area contributed by atoms with Gasteiger partial charge in [-0.25, -0.2) is 28.8 Å². The topological polar surface area (TPSA) is 330 Å². The second kappa shape index (κ2) is 22.4. The van der Waals surface area contributed by atoms with Crippen molar-refractivity contribution in [2.45, 2.75) is 37.9 Å². The van der Waals surface area contributed by atoms with Gasteiger partial charge in [-0.15, -0.1) is 33.5 Å². The minimum absolute atomic E-state index is 0.00556. The number of aromatic hydroxyl groups is 1. The summed E-state index contributed by atoms with van der Waals surface area (Å²) in [5.41, 5.74) is 6.59. The zero-order valence-corrected chi connectivity index (χ0v) is 37.6. The van der Waals surface area contributed by atoms with Crippen LogP contribution in [0.3, 0.4) is 0 Å². The lowest BCUT2D eigenvalue weighted by molar-refractivity contribution is -0.692. The van der Waals surface area contributed by atoms with Gasteiger partial charge in [0.25, 0.3) is 10.1 Å². The molecule has 0 bridgehead atoms. The van der Waals surface area contributed by atoms with Gasteiger partial charge >= 0.3 is 5.97 Å². The maximum absolute atomic E-state index is 13.3. The largest absolute Gasteiger partial charge is 0.505 e. The number of carbonyl (C=O) groups excluding carboxylic acids is 1. The van der Waals surface area contributed by atoms with Crippen molar-refractivity contribution in [1.29, 1.82) is 0 Å². The van der Waals surface area contributed by atoms with Gasteiger partial charge in [-0.1, -0.05) is 27.2 Å². The van der Waals surface area contributed by atoms with E-state index in [1.807, 2.05) is 13.0 Å². The summed E-state index contributed by atoms with van der Waals surface area (Å²) in [7, 11) is -8.84. The molecule has 23 nitrogen and oxygen atoms in total. The molecule has 0 saturated carbocycles. The molecule has 0 spiro atoms. The molecule has 342 valence electrons. The molecule has 29 heteroatoms. The third kappa shape index (κ3) is 12.6. The number of sulfone groups is 1. The summed E-state index contributed by atoms with van der Waals surface area (Å²) in [6, 6.07) is 18.5. The number of pyridine rings is 1. The molecule has 0 fully saturated rings. The average molecular weight is 1010 g/mol. The Morgan fingerprint density at radius 2 is 1.45 bits per heavy atom. The normalized spacial score (nSPS) is 12.3. The van der Waals surface area contributed by atoms with Crippen molar-refractivity contribution in [2.75, 3.05) is 17.2 Å². The van der Waals surface area contributed by atoms with Crippen molar-refractivity contribution >= 4 is 124 Å². The first-order valence-corrected chi connectivity index (χ1v) is 23.9. The van der Waals surface area contributed by atoms with Crippen LogP contribution in [0.4, 0.5) is 28.4 Å². The number of nitrogen functional groups attached to an aromatic ring is 1. The summed E-state index contributed by atoms with van der Waals surface area (Å²) >= 11 is 1.88. The Hall–Kier alpha value is -5.06. The first-order chi connectivity index (χ1) is 31.1. The molecular weight excluding hydrogens is 981 g/mol. The zero-order chi connectivity index (χ0) is 46.7. The number of hydrogen-bond acceptors (Lipinski definition) is 25. The molecule has 0 amide bonds. The van der Waals surface area contributed by atoms with E-state index in [0.29, 0.717) is 53.1 Å². The number of nitrogens with zero attached hydrogens (tertiary/aromatic N) is 5. The maximum Gasteiger partial charge on any atom is 0.330 e. The van der Waals surface area contributed by atoms with Gasteiger partial charge in [0.1, 0.15) is 39.2 Å². The van der Waals surface area contributed by atoms with Gasteiger partial charge in [0.15, 0.2) is 34.5 Å². The highest BCUT2D eigenvalue weighted by Gasteiger charge is 2.24. The summed E-state index contributed by atoms with van der Waals surface area (Å²) < 4.78 is 82.6. The minimum atomic E-state index is -4.99. The summed E-state index contributed by atoms with van der Waals surface area (Å²) in [6.45, 7) is 2.04. The number of anilines is 1. The standard InChI is InChI=1S/C36H30N6O17S6/c1-20-3-2-12-42(18-20)13-14-64(48,49)23-6-11-28(30(16-23)62-58-55-46)38-40-33-26-17-31(63-59-56-47)34(35(44)25(26)8-9-27(33)37)41-39-29-10-4-21-15-22(61-53-32(43)19-60-57-54-45)5-7-24(21)36(29)65(50,51)52/h2-12,15-18H,13-14,19H2,1H3,(H6-,37,38,39,44,45,46,47,50,51,52)/p+1. The van der Waals surface area contributed by atoms with Crippen LogP contribution in [0.1, 0.15) is 5.56 Å². The number of aromatic nitrogens is 1. The molecule has 1 heterocycles. The van der Waals surface area contributed by atoms with E-state index in [2.05, 4.69) is 48.6 Å². The summed E-state index contributed by atoms with van der Waals surface area (Å²) in [5.74, 6) is -1.91. The molecule has 0 radical (unpaired) electrons. The van der Waals surface area contributed by atoms with Gasteiger partial charge in [-0.2, -0.15) is 8.42 Å². The molecular formula is C36H31N6O17S6+. The number of phenols is 1. The van der Waals surface area contributed by atoms with Gasteiger partial charge in [-0.05, 0) is 73.0 Å². The molecule has 0 unspecified atom stereocenters. The van der Waals surface area contributed by atoms with Gasteiger partial charge in [0.05, 0.1) is 56.5 Å².